The molecule has 2 aromatic heterocycles. The summed E-state index contributed by atoms with van der Waals surface area (Å²) in [6.45, 7) is 8.86. The van der Waals surface area contributed by atoms with E-state index in [1.54, 1.807) is 39.0 Å². The SMILES string of the molecule is Cc1cc(C(C)Nc2ccc(Cl)nc2/C(N)=N/O)c2oc(/C(C=NCC(C)(C)O)=C/N)c(C)c(=O)c2c1. The molecule has 0 fully saturated rings. The highest BCUT2D eigenvalue weighted by Gasteiger charge is 2.21. The smallest absolute Gasteiger partial charge is 0.196 e. The monoisotopic (exact) mass is 526 g/mol. The van der Waals surface area contributed by atoms with Crippen LogP contribution in [0.3, 0.4) is 0 Å². The first-order chi connectivity index (χ1) is 17.4. The van der Waals surface area contributed by atoms with Crippen molar-refractivity contribution >= 4 is 45.9 Å². The Morgan fingerprint density at radius 1 is 1.32 bits per heavy atom. The van der Waals surface area contributed by atoms with Crippen molar-refractivity contribution in [1.29, 1.82) is 0 Å². The van der Waals surface area contributed by atoms with E-state index in [0.717, 1.165) is 5.56 Å². The molecule has 7 N–H and O–H groups in total. The lowest BCUT2D eigenvalue weighted by Crippen LogP contribution is -2.22. The van der Waals surface area contributed by atoms with Crippen molar-refractivity contribution in [2.24, 2.45) is 21.6 Å². The van der Waals surface area contributed by atoms with E-state index in [0.29, 0.717) is 33.4 Å². The second-order valence-electron chi connectivity index (χ2n) is 9.40. The number of fused-ring (bicyclic) bond motifs is 1. The van der Waals surface area contributed by atoms with Gasteiger partial charge in [0.05, 0.1) is 34.8 Å². The highest BCUT2D eigenvalue weighted by atomic mass is 35.5. The van der Waals surface area contributed by atoms with Gasteiger partial charge in [-0.3, -0.25) is 9.79 Å². The molecule has 2 heterocycles. The fourth-order valence-electron chi connectivity index (χ4n) is 3.81. The third kappa shape index (κ3) is 6.28. The lowest BCUT2D eigenvalue weighted by atomic mass is 9.99. The van der Waals surface area contributed by atoms with Crippen LogP contribution >= 0.6 is 11.6 Å². The Labute approximate surface area is 219 Å². The molecular weight excluding hydrogens is 496 g/mol. The number of allylic oxidation sites excluding steroid dienone is 1. The summed E-state index contributed by atoms with van der Waals surface area (Å²) < 4.78 is 6.30. The highest BCUT2D eigenvalue weighted by Crippen LogP contribution is 2.31. The van der Waals surface area contributed by atoms with E-state index in [4.69, 9.17) is 32.7 Å². The first kappa shape index (κ1) is 27.7. The predicted octanol–water partition coefficient (Wildman–Crippen LogP) is 3.87. The maximum atomic E-state index is 13.4. The molecule has 11 heteroatoms. The van der Waals surface area contributed by atoms with E-state index >= 15 is 0 Å². The Bertz CT molecular complexity index is 1470. The van der Waals surface area contributed by atoms with Crippen molar-refractivity contribution in [2.75, 3.05) is 11.9 Å². The number of hydrogen-bond acceptors (Lipinski definition) is 9. The molecule has 1 unspecified atom stereocenters. The maximum absolute atomic E-state index is 13.4. The molecule has 0 spiro atoms. The predicted molar refractivity (Wildman–Crippen MR) is 148 cm³/mol. The van der Waals surface area contributed by atoms with E-state index in [2.05, 4.69) is 20.4 Å². The van der Waals surface area contributed by atoms with Gasteiger partial charge in [0.15, 0.2) is 11.3 Å². The fourth-order valence-corrected chi connectivity index (χ4v) is 3.96. The molecule has 0 aliphatic carbocycles. The van der Waals surface area contributed by atoms with Crippen molar-refractivity contribution in [3.05, 3.63) is 74.0 Å². The van der Waals surface area contributed by atoms with Crippen molar-refractivity contribution in [3.63, 3.8) is 0 Å². The van der Waals surface area contributed by atoms with Crippen LogP contribution in [-0.4, -0.2) is 39.5 Å². The summed E-state index contributed by atoms with van der Waals surface area (Å²) in [4.78, 5) is 21.8. The number of nitrogens with two attached hydrogens (primary N) is 2. The van der Waals surface area contributed by atoms with Crippen LogP contribution in [0, 0.1) is 13.8 Å². The largest absolute Gasteiger partial charge is 0.455 e. The van der Waals surface area contributed by atoms with Gasteiger partial charge in [-0.15, -0.1) is 0 Å². The van der Waals surface area contributed by atoms with Gasteiger partial charge in [-0.1, -0.05) is 22.8 Å². The van der Waals surface area contributed by atoms with E-state index in [1.165, 1.54) is 12.4 Å². The summed E-state index contributed by atoms with van der Waals surface area (Å²) in [5, 5.41) is 26.0. The number of nitrogens with one attached hydrogen (secondary N) is 1. The van der Waals surface area contributed by atoms with Crippen LogP contribution in [0.4, 0.5) is 5.69 Å². The minimum absolute atomic E-state index is 0.143. The number of aromatic nitrogens is 1. The van der Waals surface area contributed by atoms with Gasteiger partial charge in [-0.05, 0) is 58.4 Å². The Balaban J connectivity index is 2.15. The molecular formula is C26H31ClN6O4. The summed E-state index contributed by atoms with van der Waals surface area (Å²) in [6.07, 6.45) is 2.79. The average Bonchev–Trinajstić information content (AvgIpc) is 2.84. The second-order valence-corrected chi connectivity index (χ2v) is 9.79. The molecule has 3 rings (SSSR count). The Morgan fingerprint density at radius 3 is 2.65 bits per heavy atom. The van der Waals surface area contributed by atoms with Gasteiger partial charge in [-0.25, -0.2) is 4.98 Å². The molecule has 37 heavy (non-hydrogen) atoms. The zero-order valence-corrected chi connectivity index (χ0v) is 22.1. The Morgan fingerprint density at radius 2 is 2.03 bits per heavy atom. The van der Waals surface area contributed by atoms with Crippen molar-refractivity contribution in [2.45, 2.75) is 46.3 Å². The van der Waals surface area contributed by atoms with Crippen LogP contribution in [0.5, 0.6) is 0 Å². The van der Waals surface area contributed by atoms with Gasteiger partial charge in [-0.2, -0.15) is 0 Å². The van der Waals surface area contributed by atoms with Crippen LogP contribution in [0.1, 0.15) is 55.0 Å². The number of aryl methyl sites for hydroxylation is 1. The standard InChI is InChI=1S/C26H31ClN6O4/c1-13-8-17(15(3)31-19-6-7-20(27)32-21(19)25(29)33-36)24-18(9-13)22(34)14(2)23(37-24)16(10-28)11-30-12-26(4,5)35/h6-11,15,31,35-36H,12,28H2,1-5H3,(H2,29,33)/b16-10+,30-11?. The van der Waals surface area contributed by atoms with Crippen LogP contribution in [0.2, 0.25) is 5.15 Å². The normalized spacial score (nSPS) is 13.9. The zero-order chi connectivity index (χ0) is 27.5. The summed E-state index contributed by atoms with van der Waals surface area (Å²) in [5.74, 6) is 0.0705. The van der Waals surface area contributed by atoms with Gasteiger partial charge in [0.25, 0.3) is 0 Å². The molecule has 1 atom stereocenters. The van der Waals surface area contributed by atoms with Gasteiger partial charge < -0.3 is 31.5 Å². The fraction of sp³-hybridized carbons (Fsp3) is 0.308. The quantitative estimate of drug-likeness (QED) is 0.0966. The van der Waals surface area contributed by atoms with Gasteiger partial charge in [0, 0.05) is 23.5 Å². The first-order valence-electron chi connectivity index (χ1n) is 11.5. The molecule has 0 aliphatic rings. The summed E-state index contributed by atoms with van der Waals surface area (Å²) in [7, 11) is 0. The molecule has 0 saturated carbocycles. The number of pyridine rings is 1. The number of oxime groups is 1. The van der Waals surface area contributed by atoms with Crippen molar-refractivity contribution in [3.8, 4) is 0 Å². The molecule has 0 amide bonds. The number of hydrogen-bond donors (Lipinski definition) is 5. The van der Waals surface area contributed by atoms with E-state index in [9.17, 15) is 9.90 Å². The number of aliphatic hydroxyl groups is 1. The number of rotatable bonds is 8. The Kier molecular flexibility index (Phi) is 8.25. The molecule has 196 valence electrons. The molecule has 3 aromatic rings. The lowest BCUT2D eigenvalue weighted by molar-refractivity contribution is 0.0906. The van der Waals surface area contributed by atoms with Gasteiger partial charge in [0.1, 0.15) is 22.2 Å². The number of amidine groups is 1. The molecule has 0 radical (unpaired) electrons. The molecule has 0 aliphatic heterocycles. The van der Waals surface area contributed by atoms with E-state index in [1.807, 2.05) is 19.9 Å². The third-order valence-electron chi connectivity index (χ3n) is 5.59. The highest BCUT2D eigenvalue weighted by molar-refractivity contribution is 6.29. The minimum atomic E-state index is -0.999. The van der Waals surface area contributed by atoms with Crippen LogP contribution < -0.4 is 22.2 Å². The summed E-state index contributed by atoms with van der Waals surface area (Å²) >= 11 is 6.00. The van der Waals surface area contributed by atoms with E-state index < -0.39 is 11.6 Å². The number of benzene rings is 1. The van der Waals surface area contributed by atoms with Crippen LogP contribution in [0.25, 0.3) is 16.5 Å². The Hall–Kier alpha value is -3.89. The summed E-state index contributed by atoms with van der Waals surface area (Å²) in [6, 6.07) is 6.52. The van der Waals surface area contributed by atoms with Crippen LogP contribution in [-0.2, 0) is 0 Å². The topological polar surface area (TPSA) is 172 Å². The number of halogens is 1. The first-order valence-corrected chi connectivity index (χ1v) is 11.9. The zero-order valence-electron chi connectivity index (χ0n) is 21.3. The third-order valence-corrected chi connectivity index (χ3v) is 5.80. The van der Waals surface area contributed by atoms with Crippen molar-refractivity contribution in [1.82, 2.24) is 4.98 Å². The minimum Gasteiger partial charge on any atom is -0.455 e. The van der Waals surface area contributed by atoms with Crippen molar-refractivity contribution < 1.29 is 14.7 Å². The van der Waals surface area contributed by atoms with E-state index in [-0.39, 0.29) is 34.4 Å². The molecule has 10 nitrogen and oxygen atoms in total. The average molecular weight is 527 g/mol. The summed E-state index contributed by atoms with van der Waals surface area (Å²) in [5.41, 5.74) is 13.8. The van der Waals surface area contributed by atoms with Crippen LogP contribution in [0.15, 0.2) is 49.8 Å². The number of anilines is 1. The molecule has 1 aromatic carbocycles. The second kappa shape index (κ2) is 11.0. The maximum Gasteiger partial charge on any atom is 0.196 e. The molecule has 0 saturated heterocycles. The molecule has 0 bridgehead atoms. The number of nitrogens with zero attached hydrogens (tertiary/aromatic N) is 3. The van der Waals surface area contributed by atoms with Gasteiger partial charge in [0.2, 0.25) is 0 Å². The lowest BCUT2D eigenvalue weighted by Gasteiger charge is -2.20. The van der Waals surface area contributed by atoms with Gasteiger partial charge >= 0.3 is 0 Å². The number of aliphatic imine (C=N–C) groups is 1.